The van der Waals surface area contributed by atoms with Gasteiger partial charge in [0.05, 0.1) is 18.5 Å². The number of thiazole rings is 1. The van der Waals surface area contributed by atoms with Crippen molar-refractivity contribution in [1.29, 1.82) is 0 Å². The first-order valence-electron chi connectivity index (χ1n) is 5.51. The molecule has 2 heterocycles. The Labute approximate surface area is 109 Å². The summed E-state index contributed by atoms with van der Waals surface area (Å²) in [6.07, 6.45) is 1.72. The molecule has 0 unspecified atom stereocenters. The van der Waals surface area contributed by atoms with Gasteiger partial charge in [0.1, 0.15) is 0 Å². The summed E-state index contributed by atoms with van der Waals surface area (Å²) in [4.78, 5) is 19.8. The predicted octanol–water partition coefficient (Wildman–Crippen LogP) is 2.77. The summed E-state index contributed by atoms with van der Waals surface area (Å²) in [6, 6.07) is 3.82. The van der Waals surface area contributed by atoms with Crippen molar-refractivity contribution in [2.45, 2.75) is 13.8 Å². The summed E-state index contributed by atoms with van der Waals surface area (Å²) in [5.41, 5.74) is 2.11. The quantitative estimate of drug-likeness (QED) is 0.859. The van der Waals surface area contributed by atoms with Crippen LogP contribution in [-0.2, 0) is 4.74 Å². The van der Waals surface area contributed by atoms with Gasteiger partial charge in [-0.05, 0) is 26.0 Å². The summed E-state index contributed by atoms with van der Waals surface area (Å²) >= 11 is 1.35. The molecule has 0 fully saturated rings. The fourth-order valence-corrected chi connectivity index (χ4v) is 2.00. The van der Waals surface area contributed by atoms with E-state index in [-0.39, 0.29) is 0 Å². The van der Waals surface area contributed by atoms with Crippen LogP contribution in [0, 0.1) is 6.92 Å². The molecule has 0 aliphatic rings. The molecule has 18 heavy (non-hydrogen) atoms. The number of nitrogens with zero attached hydrogens (tertiary/aromatic N) is 2. The van der Waals surface area contributed by atoms with Crippen molar-refractivity contribution in [1.82, 2.24) is 9.97 Å². The molecule has 0 aliphatic carbocycles. The molecule has 0 aromatic carbocycles. The SMILES string of the molecule is CCOC(=O)c1csc(Nc2ccc(C)nc2)n1. The van der Waals surface area contributed by atoms with Crippen LogP contribution in [0.1, 0.15) is 23.1 Å². The summed E-state index contributed by atoms with van der Waals surface area (Å²) < 4.78 is 4.87. The second-order valence-electron chi connectivity index (χ2n) is 3.57. The number of carbonyl (C=O) groups excluding carboxylic acids is 1. The molecule has 0 radical (unpaired) electrons. The molecule has 0 bridgehead atoms. The Morgan fingerprint density at radius 3 is 3.00 bits per heavy atom. The molecule has 2 aromatic rings. The molecular formula is C12H13N3O2S. The highest BCUT2D eigenvalue weighted by Crippen LogP contribution is 2.20. The standard InChI is InChI=1S/C12H13N3O2S/c1-3-17-11(16)10-7-18-12(15-10)14-9-5-4-8(2)13-6-9/h4-7H,3H2,1-2H3,(H,14,15). The van der Waals surface area contributed by atoms with E-state index >= 15 is 0 Å². The van der Waals surface area contributed by atoms with E-state index in [9.17, 15) is 4.79 Å². The Bertz CT molecular complexity index is 537. The van der Waals surface area contributed by atoms with E-state index in [2.05, 4.69) is 15.3 Å². The Morgan fingerprint density at radius 1 is 1.50 bits per heavy atom. The third kappa shape index (κ3) is 3.04. The van der Waals surface area contributed by atoms with Crippen LogP contribution in [0.4, 0.5) is 10.8 Å². The number of anilines is 2. The molecule has 5 nitrogen and oxygen atoms in total. The Morgan fingerprint density at radius 2 is 2.33 bits per heavy atom. The van der Waals surface area contributed by atoms with Crippen molar-refractivity contribution >= 4 is 28.1 Å². The minimum absolute atomic E-state index is 0.324. The van der Waals surface area contributed by atoms with Crippen molar-refractivity contribution in [2.24, 2.45) is 0 Å². The van der Waals surface area contributed by atoms with Crippen LogP contribution in [0.15, 0.2) is 23.7 Å². The number of aryl methyl sites for hydroxylation is 1. The van der Waals surface area contributed by atoms with E-state index in [1.165, 1.54) is 11.3 Å². The van der Waals surface area contributed by atoms with Gasteiger partial charge in [0.15, 0.2) is 10.8 Å². The summed E-state index contributed by atoms with van der Waals surface area (Å²) in [5, 5.41) is 5.40. The first-order chi connectivity index (χ1) is 8.69. The largest absolute Gasteiger partial charge is 0.461 e. The van der Waals surface area contributed by atoms with E-state index in [0.29, 0.717) is 17.4 Å². The second kappa shape index (κ2) is 5.59. The lowest BCUT2D eigenvalue weighted by Gasteiger charge is -2.01. The molecule has 2 aromatic heterocycles. The second-order valence-corrected chi connectivity index (χ2v) is 4.43. The van der Waals surface area contributed by atoms with Gasteiger partial charge in [0.25, 0.3) is 0 Å². The van der Waals surface area contributed by atoms with Gasteiger partial charge in [-0.2, -0.15) is 0 Å². The van der Waals surface area contributed by atoms with E-state index in [4.69, 9.17) is 4.74 Å². The highest BCUT2D eigenvalue weighted by atomic mass is 32.1. The fraction of sp³-hybridized carbons (Fsp3) is 0.250. The Kier molecular flexibility index (Phi) is 3.88. The highest BCUT2D eigenvalue weighted by molar-refractivity contribution is 7.14. The molecular weight excluding hydrogens is 250 g/mol. The zero-order valence-electron chi connectivity index (χ0n) is 10.1. The van der Waals surface area contributed by atoms with Crippen molar-refractivity contribution in [2.75, 3.05) is 11.9 Å². The minimum atomic E-state index is -0.399. The summed E-state index contributed by atoms with van der Waals surface area (Å²) in [5.74, 6) is -0.399. The maximum absolute atomic E-state index is 11.4. The minimum Gasteiger partial charge on any atom is -0.461 e. The molecule has 6 heteroatoms. The Balaban J connectivity index is 2.06. The van der Waals surface area contributed by atoms with Gasteiger partial charge in [0.2, 0.25) is 0 Å². The van der Waals surface area contributed by atoms with Gasteiger partial charge >= 0.3 is 5.97 Å². The lowest BCUT2D eigenvalue weighted by Crippen LogP contribution is -2.05. The van der Waals surface area contributed by atoms with Crippen molar-refractivity contribution in [3.63, 3.8) is 0 Å². The number of nitrogens with one attached hydrogen (secondary N) is 1. The zero-order chi connectivity index (χ0) is 13.0. The smallest absolute Gasteiger partial charge is 0.357 e. The molecule has 94 valence electrons. The van der Waals surface area contributed by atoms with Crippen molar-refractivity contribution in [3.8, 4) is 0 Å². The molecule has 0 saturated carbocycles. The van der Waals surface area contributed by atoms with E-state index in [1.807, 2.05) is 19.1 Å². The van der Waals surface area contributed by atoms with Gasteiger partial charge in [0, 0.05) is 11.1 Å². The zero-order valence-corrected chi connectivity index (χ0v) is 11.0. The maximum atomic E-state index is 11.4. The van der Waals surface area contributed by atoms with Crippen LogP contribution < -0.4 is 5.32 Å². The monoisotopic (exact) mass is 263 g/mol. The van der Waals surface area contributed by atoms with Crippen LogP contribution in [0.25, 0.3) is 0 Å². The van der Waals surface area contributed by atoms with Crippen LogP contribution in [0.3, 0.4) is 0 Å². The van der Waals surface area contributed by atoms with E-state index < -0.39 is 5.97 Å². The molecule has 0 amide bonds. The molecule has 0 saturated heterocycles. The van der Waals surface area contributed by atoms with Gasteiger partial charge in [-0.3, -0.25) is 4.98 Å². The van der Waals surface area contributed by atoms with Gasteiger partial charge in [-0.1, -0.05) is 0 Å². The number of pyridine rings is 1. The fourth-order valence-electron chi connectivity index (χ4n) is 1.30. The Hall–Kier alpha value is -1.95. The van der Waals surface area contributed by atoms with Gasteiger partial charge in [-0.15, -0.1) is 11.3 Å². The lowest BCUT2D eigenvalue weighted by molar-refractivity contribution is 0.0520. The van der Waals surface area contributed by atoms with Crippen LogP contribution in [0.5, 0.6) is 0 Å². The van der Waals surface area contributed by atoms with Crippen molar-refractivity contribution < 1.29 is 9.53 Å². The van der Waals surface area contributed by atoms with Crippen LogP contribution in [0.2, 0.25) is 0 Å². The number of ether oxygens (including phenoxy) is 1. The van der Waals surface area contributed by atoms with E-state index in [1.54, 1.807) is 18.5 Å². The molecule has 0 spiro atoms. The molecule has 0 atom stereocenters. The molecule has 2 rings (SSSR count). The summed E-state index contributed by atoms with van der Waals surface area (Å²) in [7, 11) is 0. The molecule has 0 aliphatic heterocycles. The third-order valence-corrected chi connectivity index (χ3v) is 2.91. The molecule has 1 N–H and O–H groups in total. The topological polar surface area (TPSA) is 64.1 Å². The van der Waals surface area contributed by atoms with Gasteiger partial charge < -0.3 is 10.1 Å². The number of carbonyl (C=O) groups is 1. The van der Waals surface area contributed by atoms with Crippen LogP contribution in [-0.4, -0.2) is 22.5 Å². The first kappa shape index (κ1) is 12.5. The average molecular weight is 263 g/mol. The average Bonchev–Trinajstić information content (AvgIpc) is 2.81. The van der Waals surface area contributed by atoms with E-state index in [0.717, 1.165) is 11.4 Å². The normalized spacial score (nSPS) is 10.1. The number of rotatable bonds is 4. The van der Waals surface area contributed by atoms with Crippen LogP contribution >= 0.6 is 11.3 Å². The van der Waals surface area contributed by atoms with Crippen molar-refractivity contribution in [3.05, 3.63) is 35.1 Å². The number of esters is 1. The third-order valence-electron chi connectivity index (χ3n) is 2.15. The number of hydrogen-bond acceptors (Lipinski definition) is 6. The number of hydrogen-bond donors (Lipinski definition) is 1. The number of aromatic nitrogens is 2. The highest BCUT2D eigenvalue weighted by Gasteiger charge is 2.11. The van der Waals surface area contributed by atoms with Gasteiger partial charge in [-0.25, -0.2) is 9.78 Å². The first-order valence-corrected chi connectivity index (χ1v) is 6.39. The lowest BCUT2D eigenvalue weighted by atomic mass is 10.3. The summed E-state index contributed by atoms with van der Waals surface area (Å²) in [6.45, 7) is 4.04. The predicted molar refractivity (Wildman–Crippen MR) is 70.3 cm³/mol. The maximum Gasteiger partial charge on any atom is 0.357 e.